The number of benzene rings is 1. The summed E-state index contributed by atoms with van der Waals surface area (Å²) < 4.78 is 1.44. The highest BCUT2D eigenvalue weighted by atomic mass is 32.1. The second kappa shape index (κ2) is 7.06. The van der Waals surface area contributed by atoms with Crippen molar-refractivity contribution in [1.82, 2.24) is 14.6 Å². The van der Waals surface area contributed by atoms with Gasteiger partial charge in [0.05, 0.1) is 13.1 Å². The Morgan fingerprint density at radius 2 is 2.00 bits per heavy atom. The molecule has 130 valence electrons. The van der Waals surface area contributed by atoms with Crippen LogP contribution in [0, 0.1) is 12.8 Å². The summed E-state index contributed by atoms with van der Waals surface area (Å²) in [5.41, 5.74) is 2.12. The molecule has 5 nitrogen and oxygen atoms in total. The number of rotatable bonds is 4. The third kappa shape index (κ3) is 3.80. The first kappa shape index (κ1) is 16.4. The van der Waals surface area contributed by atoms with Crippen LogP contribution in [-0.2, 0) is 13.0 Å². The maximum atomic E-state index is 12.0. The lowest BCUT2D eigenvalue weighted by Gasteiger charge is -2.28. The normalized spacial score (nSPS) is 20.8. The summed E-state index contributed by atoms with van der Waals surface area (Å²) in [6, 6.07) is 12.3. The minimum Gasteiger partial charge on any atom is -0.329 e. The van der Waals surface area contributed by atoms with Crippen molar-refractivity contribution in [2.45, 2.75) is 32.7 Å². The van der Waals surface area contributed by atoms with Crippen molar-refractivity contribution in [2.24, 2.45) is 5.92 Å². The SMILES string of the molecule is Cc1cc(=O)n2nc(C[NH+]3CCC(Cc4ccccc4)CC3)sc2n1. The topological polar surface area (TPSA) is 51.7 Å². The third-order valence-electron chi connectivity index (χ3n) is 5.00. The highest BCUT2D eigenvalue weighted by molar-refractivity contribution is 7.16. The number of fused-ring (bicyclic) bond motifs is 1. The number of piperidine rings is 1. The molecule has 0 radical (unpaired) electrons. The summed E-state index contributed by atoms with van der Waals surface area (Å²) in [4.78, 5) is 18.7. The lowest BCUT2D eigenvalue weighted by Crippen LogP contribution is -3.11. The van der Waals surface area contributed by atoms with Gasteiger partial charge in [-0.1, -0.05) is 41.7 Å². The van der Waals surface area contributed by atoms with E-state index in [1.54, 1.807) is 22.3 Å². The van der Waals surface area contributed by atoms with E-state index in [2.05, 4.69) is 40.4 Å². The zero-order valence-corrected chi connectivity index (χ0v) is 15.3. The van der Waals surface area contributed by atoms with E-state index in [4.69, 9.17) is 0 Å². The lowest BCUT2D eigenvalue weighted by molar-refractivity contribution is -0.919. The molecule has 0 bridgehead atoms. The fourth-order valence-electron chi connectivity index (χ4n) is 3.66. The van der Waals surface area contributed by atoms with Gasteiger partial charge >= 0.3 is 0 Å². The maximum absolute atomic E-state index is 12.0. The van der Waals surface area contributed by atoms with E-state index in [1.807, 2.05) is 6.92 Å². The Bertz CT molecular complexity index is 910. The zero-order chi connectivity index (χ0) is 17.2. The number of nitrogens with one attached hydrogen (secondary N) is 1. The summed E-state index contributed by atoms with van der Waals surface area (Å²) in [6.07, 6.45) is 3.70. The molecule has 2 aromatic heterocycles. The molecule has 1 fully saturated rings. The number of nitrogens with zero attached hydrogens (tertiary/aromatic N) is 3. The van der Waals surface area contributed by atoms with Gasteiger partial charge in [0.25, 0.3) is 5.56 Å². The van der Waals surface area contributed by atoms with Gasteiger partial charge < -0.3 is 4.90 Å². The van der Waals surface area contributed by atoms with Crippen molar-refractivity contribution in [1.29, 1.82) is 0 Å². The Balaban J connectivity index is 1.37. The van der Waals surface area contributed by atoms with Gasteiger partial charge in [0, 0.05) is 11.8 Å². The van der Waals surface area contributed by atoms with E-state index in [0.717, 1.165) is 23.2 Å². The van der Waals surface area contributed by atoms with Crippen LogP contribution in [-0.4, -0.2) is 27.7 Å². The molecule has 0 aliphatic carbocycles. The Hall–Kier alpha value is -2.05. The van der Waals surface area contributed by atoms with Gasteiger partial charge in [0.1, 0.15) is 6.54 Å². The van der Waals surface area contributed by atoms with Crippen LogP contribution in [0.25, 0.3) is 4.96 Å². The van der Waals surface area contributed by atoms with Crippen molar-refractivity contribution in [3.05, 3.63) is 63.0 Å². The van der Waals surface area contributed by atoms with Crippen LogP contribution < -0.4 is 10.5 Å². The number of aryl methyl sites for hydroxylation is 1. The van der Waals surface area contributed by atoms with E-state index in [0.29, 0.717) is 4.96 Å². The molecule has 6 heteroatoms. The van der Waals surface area contributed by atoms with Gasteiger partial charge in [-0.3, -0.25) is 4.79 Å². The van der Waals surface area contributed by atoms with Gasteiger partial charge in [-0.15, -0.1) is 0 Å². The van der Waals surface area contributed by atoms with Crippen LogP contribution in [0.2, 0.25) is 0 Å². The molecule has 1 aliphatic heterocycles. The molecule has 1 N–H and O–H groups in total. The molecule has 1 aliphatic rings. The highest BCUT2D eigenvalue weighted by Gasteiger charge is 2.23. The molecule has 0 saturated carbocycles. The Labute approximate surface area is 151 Å². The Morgan fingerprint density at radius 3 is 2.76 bits per heavy atom. The fraction of sp³-hybridized carbons (Fsp3) is 0.421. The van der Waals surface area contributed by atoms with Crippen molar-refractivity contribution in [3.8, 4) is 0 Å². The van der Waals surface area contributed by atoms with Crippen molar-refractivity contribution < 1.29 is 4.90 Å². The summed E-state index contributed by atoms with van der Waals surface area (Å²) in [7, 11) is 0. The molecule has 0 unspecified atom stereocenters. The van der Waals surface area contributed by atoms with Crippen molar-refractivity contribution in [2.75, 3.05) is 13.1 Å². The molecule has 1 aromatic carbocycles. The predicted molar refractivity (Wildman–Crippen MR) is 99.1 cm³/mol. The lowest BCUT2D eigenvalue weighted by atomic mass is 9.90. The van der Waals surface area contributed by atoms with Gasteiger partial charge in [-0.25, -0.2) is 4.98 Å². The average Bonchev–Trinajstić information content (AvgIpc) is 3.00. The van der Waals surface area contributed by atoms with Crippen LogP contribution in [0.3, 0.4) is 0 Å². The van der Waals surface area contributed by atoms with Crippen molar-refractivity contribution >= 4 is 16.3 Å². The van der Waals surface area contributed by atoms with Crippen LogP contribution >= 0.6 is 11.3 Å². The monoisotopic (exact) mass is 355 g/mol. The molecule has 0 spiro atoms. The van der Waals surface area contributed by atoms with Crippen LogP contribution in [0.15, 0.2) is 41.2 Å². The molecule has 3 heterocycles. The summed E-state index contributed by atoms with van der Waals surface area (Å²) in [5, 5.41) is 5.48. The molecule has 0 amide bonds. The molecule has 25 heavy (non-hydrogen) atoms. The maximum Gasteiger partial charge on any atom is 0.275 e. The van der Waals surface area contributed by atoms with E-state index in [1.165, 1.54) is 42.4 Å². The Morgan fingerprint density at radius 1 is 1.24 bits per heavy atom. The summed E-state index contributed by atoms with van der Waals surface area (Å²) >= 11 is 1.54. The van der Waals surface area contributed by atoms with Crippen molar-refractivity contribution in [3.63, 3.8) is 0 Å². The van der Waals surface area contributed by atoms with Gasteiger partial charge in [-0.2, -0.15) is 9.61 Å². The molecular formula is C19H23N4OS+. The molecule has 1 saturated heterocycles. The first-order valence-electron chi connectivity index (χ1n) is 8.91. The smallest absolute Gasteiger partial charge is 0.275 e. The number of aromatic nitrogens is 3. The standard InChI is InChI=1S/C19H22N4OS/c1-14-11-18(24)23-19(20-14)25-17(21-23)13-22-9-7-16(8-10-22)12-15-5-3-2-4-6-15/h2-6,11,16H,7-10,12-13H2,1H3/p+1. The van der Waals surface area contributed by atoms with E-state index in [9.17, 15) is 4.79 Å². The Kier molecular flexibility index (Phi) is 4.63. The quantitative estimate of drug-likeness (QED) is 0.772. The number of likely N-dealkylation sites (tertiary alicyclic amines) is 1. The molecular weight excluding hydrogens is 332 g/mol. The van der Waals surface area contributed by atoms with Crippen LogP contribution in [0.5, 0.6) is 0 Å². The van der Waals surface area contributed by atoms with E-state index < -0.39 is 0 Å². The number of hydrogen-bond acceptors (Lipinski definition) is 4. The highest BCUT2D eigenvalue weighted by Crippen LogP contribution is 2.17. The second-order valence-corrected chi connectivity index (χ2v) is 8.03. The minimum atomic E-state index is -0.0819. The van der Waals surface area contributed by atoms with Gasteiger partial charge in [0.2, 0.25) is 4.96 Å². The summed E-state index contributed by atoms with van der Waals surface area (Å²) in [5.74, 6) is 0.786. The number of hydrogen-bond donors (Lipinski definition) is 1. The van der Waals surface area contributed by atoms with Gasteiger partial charge in [0.15, 0.2) is 5.01 Å². The third-order valence-corrected chi connectivity index (χ3v) is 5.90. The van der Waals surface area contributed by atoms with Gasteiger partial charge in [-0.05, 0) is 37.7 Å². The molecule has 0 atom stereocenters. The van der Waals surface area contributed by atoms with Crippen LogP contribution in [0.1, 0.15) is 29.1 Å². The largest absolute Gasteiger partial charge is 0.329 e. The first-order chi connectivity index (χ1) is 12.2. The second-order valence-electron chi connectivity index (χ2n) is 6.99. The minimum absolute atomic E-state index is 0.0819. The van der Waals surface area contributed by atoms with Crippen LogP contribution in [0.4, 0.5) is 0 Å². The fourth-order valence-corrected chi connectivity index (χ4v) is 4.68. The number of quaternary nitrogens is 1. The first-order valence-corrected chi connectivity index (χ1v) is 9.73. The van der Waals surface area contributed by atoms with E-state index >= 15 is 0 Å². The molecule has 3 aromatic rings. The zero-order valence-electron chi connectivity index (χ0n) is 14.4. The predicted octanol–water partition coefficient (Wildman–Crippen LogP) is 1.50. The molecule has 4 rings (SSSR count). The average molecular weight is 355 g/mol. The van der Waals surface area contributed by atoms with E-state index in [-0.39, 0.29) is 5.56 Å². The summed E-state index contributed by atoms with van der Waals surface area (Å²) in [6.45, 7) is 5.09.